The van der Waals surface area contributed by atoms with Crippen LogP contribution in [0.25, 0.3) is 0 Å². The minimum Gasteiger partial charge on any atom is -0.489 e. The normalized spacial score (nSPS) is 11.9. The van der Waals surface area contributed by atoms with Crippen molar-refractivity contribution in [1.29, 1.82) is 0 Å². The van der Waals surface area contributed by atoms with Gasteiger partial charge in [-0.15, -0.1) is 0 Å². The molecule has 0 spiro atoms. The van der Waals surface area contributed by atoms with Crippen LogP contribution in [0.15, 0.2) is 35.4 Å². The molecule has 2 rings (SSSR count). The zero-order valence-corrected chi connectivity index (χ0v) is 11.4. The number of methoxy groups -OCH3 is 1. The first kappa shape index (κ1) is 13.4. The van der Waals surface area contributed by atoms with Crippen LogP contribution < -0.4 is 15.6 Å². The van der Waals surface area contributed by atoms with E-state index in [1.165, 1.54) is 13.4 Å². The summed E-state index contributed by atoms with van der Waals surface area (Å²) in [4.78, 5) is 18.1. The molecule has 19 heavy (non-hydrogen) atoms. The van der Waals surface area contributed by atoms with Crippen molar-refractivity contribution >= 4 is 17.4 Å². The average Bonchev–Trinajstić information content (AvgIpc) is 2.39. The summed E-state index contributed by atoms with van der Waals surface area (Å²) in [5, 5.41) is 3.82. The molecule has 2 aromatic rings. The van der Waals surface area contributed by atoms with E-state index in [9.17, 15) is 4.79 Å². The topological polar surface area (TPSA) is 67.0 Å². The van der Waals surface area contributed by atoms with Gasteiger partial charge in [-0.3, -0.25) is 4.79 Å². The number of ether oxygens (including phenoxy) is 1. The van der Waals surface area contributed by atoms with E-state index < -0.39 is 0 Å². The predicted molar refractivity (Wildman–Crippen MR) is 74.9 cm³/mol. The number of benzene rings is 1. The monoisotopic (exact) mass is 279 g/mol. The molecule has 1 heterocycles. The highest BCUT2D eigenvalue weighted by Crippen LogP contribution is 2.23. The number of hydrogen-bond acceptors (Lipinski definition) is 4. The average molecular weight is 280 g/mol. The van der Waals surface area contributed by atoms with E-state index >= 15 is 0 Å². The van der Waals surface area contributed by atoms with Crippen molar-refractivity contribution in [3.8, 4) is 5.75 Å². The Morgan fingerprint density at radius 3 is 2.68 bits per heavy atom. The molecule has 0 aliphatic rings. The molecule has 0 saturated carbocycles. The molecule has 0 saturated heterocycles. The summed E-state index contributed by atoms with van der Waals surface area (Å²) < 4.78 is 5.04. The van der Waals surface area contributed by atoms with Gasteiger partial charge in [-0.1, -0.05) is 23.7 Å². The van der Waals surface area contributed by atoms with Crippen LogP contribution in [0.5, 0.6) is 5.75 Å². The van der Waals surface area contributed by atoms with Crippen LogP contribution >= 0.6 is 11.6 Å². The van der Waals surface area contributed by atoms with Crippen LogP contribution in [-0.2, 0) is 0 Å². The smallest absolute Gasteiger partial charge is 0.295 e. The van der Waals surface area contributed by atoms with Gasteiger partial charge in [0.2, 0.25) is 5.75 Å². The Kier molecular flexibility index (Phi) is 4.06. The molecular formula is C13H14ClN3O2. The van der Waals surface area contributed by atoms with Crippen LogP contribution in [0.2, 0.25) is 5.02 Å². The van der Waals surface area contributed by atoms with Crippen LogP contribution in [0.1, 0.15) is 18.5 Å². The van der Waals surface area contributed by atoms with Crippen LogP contribution in [0, 0.1) is 0 Å². The lowest BCUT2D eigenvalue weighted by molar-refractivity contribution is 0.407. The molecule has 1 aromatic carbocycles. The maximum Gasteiger partial charge on any atom is 0.295 e. The zero-order chi connectivity index (χ0) is 13.8. The van der Waals surface area contributed by atoms with Gasteiger partial charge in [0.05, 0.1) is 19.5 Å². The van der Waals surface area contributed by atoms with Gasteiger partial charge in [0.25, 0.3) is 5.56 Å². The molecule has 5 nitrogen and oxygen atoms in total. The van der Waals surface area contributed by atoms with Crippen molar-refractivity contribution in [3.63, 3.8) is 0 Å². The van der Waals surface area contributed by atoms with Gasteiger partial charge < -0.3 is 15.0 Å². The fourth-order valence-electron chi connectivity index (χ4n) is 1.72. The summed E-state index contributed by atoms with van der Waals surface area (Å²) in [7, 11) is 1.43. The van der Waals surface area contributed by atoms with E-state index in [1.54, 1.807) is 0 Å². The number of aromatic amines is 1. The summed E-state index contributed by atoms with van der Waals surface area (Å²) in [6.45, 7) is 1.96. The van der Waals surface area contributed by atoms with Crippen molar-refractivity contribution in [3.05, 3.63) is 51.5 Å². The molecule has 0 fully saturated rings. The molecule has 100 valence electrons. The zero-order valence-electron chi connectivity index (χ0n) is 10.6. The van der Waals surface area contributed by atoms with Crippen molar-refractivity contribution < 1.29 is 4.74 Å². The second kappa shape index (κ2) is 5.75. The second-order valence-corrected chi connectivity index (χ2v) is 4.47. The van der Waals surface area contributed by atoms with Crippen LogP contribution in [-0.4, -0.2) is 17.1 Å². The van der Waals surface area contributed by atoms with Gasteiger partial charge >= 0.3 is 0 Å². The number of hydrogen-bond donors (Lipinski definition) is 2. The minimum absolute atomic E-state index is 0.0273. The Morgan fingerprint density at radius 1 is 1.37 bits per heavy atom. The molecule has 0 radical (unpaired) electrons. The molecule has 2 N–H and O–H groups in total. The Balaban J connectivity index is 2.24. The molecule has 1 atom stereocenters. The molecular weight excluding hydrogens is 266 g/mol. The third-order valence-electron chi connectivity index (χ3n) is 2.74. The molecule has 1 aromatic heterocycles. The highest BCUT2D eigenvalue weighted by Gasteiger charge is 2.12. The molecule has 0 aliphatic heterocycles. The number of nitrogens with one attached hydrogen (secondary N) is 2. The fourth-order valence-corrected chi connectivity index (χ4v) is 1.85. The van der Waals surface area contributed by atoms with Crippen molar-refractivity contribution in [2.45, 2.75) is 13.0 Å². The number of H-pyrrole nitrogens is 1. The predicted octanol–water partition coefficient (Wildman–Crippen LogP) is 2.60. The number of halogens is 1. The lowest BCUT2D eigenvalue weighted by Gasteiger charge is -2.16. The fraction of sp³-hybridized carbons (Fsp3) is 0.231. The molecule has 0 aliphatic carbocycles. The molecule has 6 heteroatoms. The first-order valence-corrected chi connectivity index (χ1v) is 6.13. The standard InChI is InChI=1S/C13H14ClN3O2/c1-8(9-3-5-10(14)6-4-9)17-12-11(19-2)13(18)16-7-15-12/h3-8H,1-2H3,(H2,15,16,17,18). The summed E-state index contributed by atoms with van der Waals surface area (Å²) in [5.41, 5.74) is 0.719. The van der Waals surface area contributed by atoms with E-state index in [2.05, 4.69) is 15.3 Å². The highest BCUT2D eigenvalue weighted by molar-refractivity contribution is 6.30. The summed E-state index contributed by atoms with van der Waals surface area (Å²) in [6.07, 6.45) is 1.34. The number of rotatable bonds is 4. The van der Waals surface area contributed by atoms with E-state index in [0.29, 0.717) is 10.8 Å². The van der Waals surface area contributed by atoms with Gasteiger partial charge in [-0.25, -0.2) is 4.98 Å². The first-order chi connectivity index (χ1) is 9.11. The van der Waals surface area contributed by atoms with Gasteiger partial charge in [0.1, 0.15) is 0 Å². The summed E-state index contributed by atoms with van der Waals surface area (Å²) in [5.74, 6) is 0.581. The second-order valence-electron chi connectivity index (χ2n) is 4.03. The van der Waals surface area contributed by atoms with E-state index in [0.717, 1.165) is 5.56 Å². The van der Waals surface area contributed by atoms with Crippen molar-refractivity contribution in [2.75, 3.05) is 12.4 Å². The van der Waals surface area contributed by atoms with Gasteiger partial charge in [-0.05, 0) is 24.6 Å². The quantitative estimate of drug-likeness (QED) is 0.903. The van der Waals surface area contributed by atoms with Gasteiger partial charge in [0, 0.05) is 5.02 Å². The lowest BCUT2D eigenvalue weighted by atomic mass is 10.1. The van der Waals surface area contributed by atoms with E-state index in [1.807, 2.05) is 31.2 Å². The van der Waals surface area contributed by atoms with Gasteiger partial charge in [-0.2, -0.15) is 0 Å². The van der Waals surface area contributed by atoms with Crippen LogP contribution in [0.4, 0.5) is 5.82 Å². The van der Waals surface area contributed by atoms with Crippen LogP contribution in [0.3, 0.4) is 0 Å². The molecule has 0 bridgehead atoms. The number of aromatic nitrogens is 2. The SMILES string of the molecule is COc1c(NC(C)c2ccc(Cl)cc2)nc[nH]c1=O. The summed E-state index contributed by atoms with van der Waals surface area (Å²) >= 11 is 5.85. The van der Waals surface area contributed by atoms with E-state index in [-0.39, 0.29) is 17.4 Å². The Labute approximate surface area is 115 Å². The van der Waals surface area contributed by atoms with Gasteiger partial charge in [0.15, 0.2) is 5.82 Å². The number of anilines is 1. The Bertz CT molecular complexity index is 610. The highest BCUT2D eigenvalue weighted by atomic mass is 35.5. The first-order valence-electron chi connectivity index (χ1n) is 5.75. The lowest BCUT2D eigenvalue weighted by Crippen LogP contribution is -2.16. The largest absolute Gasteiger partial charge is 0.489 e. The van der Waals surface area contributed by atoms with Crippen molar-refractivity contribution in [2.24, 2.45) is 0 Å². The Hall–Kier alpha value is -2.01. The van der Waals surface area contributed by atoms with Crippen molar-refractivity contribution in [1.82, 2.24) is 9.97 Å². The summed E-state index contributed by atoms with van der Waals surface area (Å²) in [6, 6.07) is 7.44. The Morgan fingerprint density at radius 2 is 2.05 bits per heavy atom. The molecule has 0 amide bonds. The maximum absolute atomic E-state index is 11.6. The third-order valence-corrected chi connectivity index (χ3v) is 2.99. The minimum atomic E-state index is -0.316. The maximum atomic E-state index is 11.6. The van der Waals surface area contributed by atoms with E-state index in [4.69, 9.17) is 16.3 Å². The molecule has 1 unspecified atom stereocenters. The number of nitrogens with zero attached hydrogens (tertiary/aromatic N) is 1. The third kappa shape index (κ3) is 3.06.